The molecule has 98 valence electrons. The van der Waals surface area contributed by atoms with Crippen LogP contribution in [0.5, 0.6) is 0 Å². The molecule has 0 aliphatic rings. The highest BCUT2D eigenvalue weighted by atomic mass is 35.5. The molecule has 0 saturated carbocycles. The number of halogens is 1. The van der Waals surface area contributed by atoms with Gasteiger partial charge in [-0.1, -0.05) is 48.5 Å². The fourth-order valence-corrected chi connectivity index (χ4v) is 3.38. The van der Waals surface area contributed by atoms with Gasteiger partial charge in [-0.15, -0.1) is 23.7 Å². The molecule has 1 heterocycles. The lowest BCUT2D eigenvalue weighted by molar-refractivity contribution is 1.22. The maximum atomic E-state index is 3.51. The zero-order valence-corrected chi connectivity index (χ0v) is 12.4. The minimum absolute atomic E-state index is 0. The lowest BCUT2D eigenvalue weighted by Crippen LogP contribution is -1.96. The summed E-state index contributed by atoms with van der Waals surface area (Å²) in [6.07, 6.45) is 0. The third-order valence-electron chi connectivity index (χ3n) is 2.99. The van der Waals surface area contributed by atoms with Crippen molar-refractivity contribution >= 4 is 39.5 Å². The van der Waals surface area contributed by atoms with Crippen LogP contribution in [0.25, 0.3) is 20.5 Å². The maximum Gasteiger partial charge on any atom is 0.0609 e. The molecule has 3 rings (SSSR count). The van der Waals surface area contributed by atoms with Gasteiger partial charge in [0.05, 0.1) is 10.6 Å². The van der Waals surface area contributed by atoms with Crippen molar-refractivity contribution in [2.45, 2.75) is 6.92 Å². The first-order valence-corrected chi connectivity index (χ1v) is 7.02. The first-order valence-electron chi connectivity index (χ1n) is 6.21. The van der Waals surface area contributed by atoms with E-state index < -0.39 is 0 Å². The molecule has 0 aliphatic heterocycles. The highest BCUT2D eigenvalue weighted by Gasteiger charge is 2.12. The number of fused-ring (bicyclic) bond motifs is 1. The van der Waals surface area contributed by atoms with Crippen molar-refractivity contribution in [3.05, 3.63) is 54.6 Å². The summed E-state index contributed by atoms with van der Waals surface area (Å²) in [4.78, 5) is 1.33. The van der Waals surface area contributed by atoms with Crippen LogP contribution in [0.4, 0.5) is 5.69 Å². The van der Waals surface area contributed by atoms with Gasteiger partial charge in [0.15, 0.2) is 0 Å². The van der Waals surface area contributed by atoms with Gasteiger partial charge < -0.3 is 5.32 Å². The van der Waals surface area contributed by atoms with Gasteiger partial charge in [0, 0.05) is 16.6 Å². The van der Waals surface area contributed by atoms with E-state index >= 15 is 0 Å². The third kappa shape index (κ3) is 2.60. The molecule has 0 aliphatic carbocycles. The second kappa shape index (κ2) is 6.09. The molecule has 3 aromatic rings. The molecule has 0 fully saturated rings. The van der Waals surface area contributed by atoms with Crippen molar-refractivity contribution < 1.29 is 0 Å². The van der Waals surface area contributed by atoms with E-state index in [0.29, 0.717) is 0 Å². The number of benzene rings is 2. The van der Waals surface area contributed by atoms with Crippen molar-refractivity contribution in [1.82, 2.24) is 0 Å². The number of nitrogens with one attached hydrogen (secondary N) is 1. The van der Waals surface area contributed by atoms with Gasteiger partial charge in [0.25, 0.3) is 0 Å². The van der Waals surface area contributed by atoms with E-state index in [1.807, 2.05) is 11.3 Å². The molecule has 2 aromatic carbocycles. The smallest absolute Gasteiger partial charge is 0.0609 e. The van der Waals surface area contributed by atoms with Gasteiger partial charge >= 0.3 is 0 Å². The van der Waals surface area contributed by atoms with Crippen molar-refractivity contribution in [2.24, 2.45) is 0 Å². The average molecular weight is 290 g/mol. The standard InChI is InChI=1S/C16H15NS.ClH/c1-2-17-15-13-10-6-7-11-14(13)18-16(15)12-8-4-3-5-9-12;/h3-11,17H,2H2,1H3;1H. The van der Waals surface area contributed by atoms with E-state index in [1.165, 1.54) is 26.2 Å². The summed E-state index contributed by atoms with van der Waals surface area (Å²) >= 11 is 1.85. The molecule has 1 nitrogen and oxygen atoms in total. The van der Waals surface area contributed by atoms with E-state index in [4.69, 9.17) is 0 Å². The van der Waals surface area contributed by atoms with E-state index in [-0.39, 0.29) is 12.4 Å². The van der Waals surface area contributed by atoms with Crippen LogP contribution in [0.15, 0.2) is 54.6 Å². The van der Waals surface area contributed by atoms with Crippen LogP contribution in [0.3, 0.4) is 0 Å². The van der Waals surface area contributed by atoms with Crippen molar-refractivity contribution in [3.8, 4) is 10.4 Å². The van der Waals surface area contributed by atoms with Gasteiger partial charge in [-0.2, -0.15) is 0 Å². The quantitative estimate of drug-likeness (QED) is 0.678. The number of hydrogen-bond donors (Lipinski definition) is 1. The second-order valence-electron chi connectivity index (χ2n) is 4.20. The number of hydrogen-bond acceptors (Lipinski definition) is 2. The fourth-order valence-electron chi connectivity index (χ4n) is 2.19. The molecule has 0 amide bonds. The number of rotatable bonds is 3. The summed E-state index contributed by atoms with van der Waals surface area (Å²) in [7, 11) is 0. The van der Waals surface area contributed by atoms with E-state index in [1.54, 1.807) is 0 Å². The summed E-state index contributed by atoms with van der Waals surface area (Å²) in [5.74, 6) is 0. The highest BCUT2D eigenvalue weighted by Crippen LogP contribution is 2.42. The Morgan fingerprint density at radius 3 is 2.37 bits per heavy atom. The zero-order chi connectivity index (χ0) is 12.4. The van der Waals surface area contributed by atoms with E-state index in [2.05, 4.69) is 66.8 Å². The Kier molecular flexibility index (Phi) is 4.46. The van der Waals surface area contributed by atoms with Crippen LogP contribution in [0.2, 0.25) is 0 Å². The Morgan fingerprint density at radius 2 is 1.63 bits per heavy atom. The molecule has 1 aromatic heterocycles. The Hall–Kier alpha value is -1.51. The molecule has 0 saturated heterocycles. The molecular formula is C16H16ClNS. The van der Waals surface area contributed by atoms with E-state index in [9.17, 15) is 0 Å². The van der Waals surface area contributed by atoms with Gasteiger partial charge in [-0.25, -0.2) is 0 Å². The largest absolute Gasteiger partial charge is 0.384 e. The maximum absolute atomic E-state index is 3.51. The Bertz CT molecular complexity index is 661. The van der Waals surface area contributed by atoms with E-state index in [0.717, 1.165) is 6.54 Å². The highest BCUT2D eigenvalue weighted by molar-refractivity contribution is 7.23. The normalized spacial score (nSPS) is 10.2. The number of thiophene rings is 1. The average Bonchev–Trinajstić information content (AvgIpc) is 2.80. The van der Waals surface area contributed by atoms with Gasteiger partial charge in [-0.05, 0) is 18.6 Å². The van der Waals surface area contributed by atoms with Crippen LogP contribution < -0.4 is 5.32 Å². The Morgan fingerprint density at radius 1 is 0.947 bits per heavy atom. The zero-order valence-electron chi connectivity index (χ0n) is 10.7. The van der Waals surface area contributed by atoms with Crippen LogP contribution in [0, 0.1) is 0 Å². The van der Waals surface area contributed by atoms with Gasteiger partial charge in [-0.3, -0.25) is 0 Å². The molecule has 0 atom stereocenters. The molecule has 0 radical (unpaired) electrons. The summed E-state index contributed by atoms with van der Waals surface area (Å²) in [6.45, 7) is 3.09. The Labute approximate surface area is 123 Å². The summed E-state index contributed by atoms with van der Waals surface area (Å²) in [5, 5.41) is 4.83. The van der Waals surface area contributed by atoms with Crippen LogP contribution in [0.1, 0.15) is 6.92 Å². The molecule has 0 spiro atoms. The van der Waals surface area contributed by atoms with Gasteiger partial charge in [0.1, 0.15) is 0 Å². The number of anilines is 1. The first-order chi connectivity index (χ1) is 8.90. The molecule has 19 heavy (non-hydrogen) atoms. The lowest BCUT2D eigenvalue weighted by Gasteiger charge is -2.06. The fraction of sp³-hybridized carbons (Fsp3) is 0.125. The second-order valence-corrected chi connectivity index (χ2v) is 5.25. The van der Waals surface area contributed by atoms with Crippen molar-refractivity contribution in [2.75, 3.05) is 11.9 Å². The summed E-state index contributed by atoms with van der Waals surface area (Å²) in [6, 6.07) is 19.2. The molecule has 0 unspecified atom stereocenters. The van der Waals surface area contributed by atoms with Crippen molar-refractivity contribution in [3.63, 3.8) is 0 Å². The monoisotopic (exact) mass is 289 g/mol. The minimum atomic E-state index is 0. The van der Waals surface area contributed by atoms with Crippen molar-refractivity contribution in [1.29, 1.82) is 0 Å². The third-order valence-corrected chi connectivity index (χ3v) is 4.20. The molecule has 1 N–H and O–H groups in total. The lowest BCUT2D eigenvalue weighted by atomic mass is 10.1. The molecular weight excluding hydrogens is 274 g/mol. The topological polar surface area (TPSA) is 12.0 Å². The SMILES string of the molecule is CCNc1c(-c2ccccc2)sc2ccccc12.Cl. The summed E-state index contributed by atoms with van der Waals surface area (Å²) in [5.41, 5.74) is 2.55. The van der Waals surface area contributed by atoms with Gasteiger partial charge in [0.2, 0.25) is 0 Å². The molecule has 0 bridgehead atoms. The summed E-state index contributed by atoms with van der Waals surface area (Å²) < 4.78 is 1.34. The predicted molar refractivity (Wildman–Crippen MR) is 88.7 cm³/mol. The van der Waals surface area contributed by atoms with Crippen LogP contribution in [-0.2, 0) is 0 Å². The predicted octanol–water partition coefficient (Wildman–Crippen LogP) is 5.42. The van der Waals surface area contributed by atoms with Crippen LogP contribution in [-0.4, -0.2) is 6.54 Å². The first kappa shape index (κ1) is 13.9. The van der Waals surface area contributed by atoms with Crippen LogP contribution >= 0.6 is 23.7 Å². The Balaban J connectivity index is 0.00000133. The minimum Gasteiger partial charge on any atom is -0.384 e. The molecule has 3 heteroatoms.